The van der Waals surface area contributed by atoms with Gasteiger partial charge in [0.25, 0.3) is 0 Å². The van der Waals surface area contributed by atoms with E-state index in [1.165, 1.54) is 32.8 Å². The summed E-state index contributed by atoms with van der Waals surface area (Å²) in [5.41, 5.74) is 10.9. The van der Waals surface area contributed by atoms with Crippen molar-refractivity contribution in [2.75, 3.05) is 0 Å². The first-order chi connectivity index (χ1) is 23.6. The molecule has 0 bridgehead atoms. The first-order valence-electron chi connectivity index (χ1n) is 16.2. The Labute approximate surface area is 278 Å². The topological polar surface area (TPSA) is 48.5 Å². The molecule has 0 saturated heterocycles. The Morgan fingerprint density at radius 3 is 1.73 bits per heavy atom. The van der Waals surface area contributed by atoms with Crippen molar-refractivity contribution in [1.29, 1.82) is 0 Å². The van der Waals surface area contributed by atoms with E-state index in [2.05, 4.69) is 175 Å². The van der Waals surface area contributed by atoms with Crippen LogP contribution >= 0.6 is 0 Å². The van der Waals surface area contributed by atoms with E-state index >= 15 is 0 Å². The van der Waals surface area contributed by atoms with E-state index < -0.39 is 0 Å². The summed E-state index contributed by atoms with van der Waals surface area (Å²) in [6, 6.07) is 51.3. The number of benzene rings is 6. The highest BCUT2D eigenvalue weighted by atomic mass is 15.0. The molecule has 3 aromatic heterocycles. The third-order valence-electron chi connectivity index (χ3n) is 9.15. The summed E-state index contributed by atoms with van der Waals surface area (Å²) in [6.45, 7) is 4.17. The van der Waals surface area contributed by atoms with Crippen LogP contribution in [0, 0.1) is 13.8 Å². The summed E-state index contributed by atoms with van der Waals surface area (Å²) in [5.74, 6) is 1.95. The van der Waals surface area contributed by atoms with Gasteiger partial charge in [-0.1, -0.05) is 108 Å². The van der Waals surface area contributed by atoms with Crippen molar-refractivity contribution in [3.8, 4) is 45.5 Å². The monoisotopic (exact) mass is 617 g/mol. The second-order valence-corrected chi connectivity index (χ2v) is 12.4. The zero-order valence-electron chi connectivity index (χ0n) is 26.7. The maximum atomic E-state index is 5.02. The van der Waals surface area contributed by atoms with Gasteiger partial charge in [-0.15, -0.1) is 0 Å². The smallest absolute Gasteiger partial charge is 0.164 e. The van der Waals surface area contributed by atoms with Crippen molar-refractivity contribution in [3.63, 3.8) is 0 Å². The van der Waals surface area contributed by atoms with E-state index in [1.807, 2.05) is 0 Å². The minimum absolute atomic E-state index is 0.639. The summed E-state index contributed by atoms with van der Waals surface area (Å²) in [4.78, 5) is 15.0. The SMILES string of the molecule is Cc1ccc(-c2nc(-c3ccc(C)cc3)nc(-c3cccc(-n4c5ccccc5c5cc(-n6ccc7ccccc76)ccc54)c3)n2)cc1. The van der Waals surface area contributed by atoms with Crippen LogP contribution in [0.25, 0.3) is 78.2 Å². The fraction of sp³-hybridized carbons (Fsp3) is 0.0465. The molecule has 9 aromatic rings. The summed E-state index contributed by atoms with van der Waals surface area (Å²) in [7, 11) is 0. The van der Waals surface area contributed by atoms with Crippen LogP contribution in [-0.4, -0.2) is 24.1 Å². The summed E-state index contributed by atoms with van der Waals surface area (Å²) < 4.78 is 4.61. The number of nitrogens with zero attached hydrogens (tertiary/aromatic N) is 5. The number of rotatable bonds is 5. The lowest BCUT2D eigenvalue weighted by Gasteiger charge is -2.12. The average molecular weight is 618 g/mol. The second-order valence-electron chi connectivity index (χ2n) is 12.4. The molecule has 0 saturated carbocycles. The number of fused-ring (bicyclic) bond motifs is 4. The quantitative estimate of drug-likeness (QED) is 0.193. The number of aryl methyl sites for hydroxylation is 2. The maximum absolute atomic E-state index is 5.02. The minimum atomic E-state index is 0.639. The highest BCUT2D eigenvalue weighted by Crippen LogP contribution is 2.35. The summed E-state index contributed by atoms with van der Waals surface area (Å²) >= 11 is 0. The Bertz CT molecular complexity index is 2560. The van der Waals surface area contributed by atoms with Crippen LogP contribution in [0.15, 0.2) is 152 Å². The lowest BCUT2D eigenvalue weighted by molar-refractivity contribution is 1.07. The van der Waals surface area contributed by atoms with Crippen molar-refractivity contribution >= 4 is 32.7 Å². The molecule has 0 atom stereocenters. The zero-order valence-corrected chi connectivity index (χ0v) is 26.7. The number of hydrogen-bond acceptors (Lipinski definition) is 3. The van der Waals surface area contributed by atoms with Gasteiger partial charge in [0, 0.05) is 45.0 Å². The molecule has 0 aliphatic rings. The van der Waals surface area contributed by atoms with Crippen LogP contribution in [0.4, 0.5) is 0 Å². The molecule has 0 spiro atoms. The molecule has 0 radical (unpaired) electrons. The van der Waals surface area contributed by atoms with Crippen molar-refractivity contribution < 1.29 is 0 Å². The van der Waals surface area contributed by atoms with Crippen molar-refractivity contribution in [3.05, 3.63) is 163 Å². The third-order valence-corrected chi connectivity index (χ3v) is 9.15. The van der Waals surface area contributed by atoms with Crippen LogP contribution in [-0.2, 0) is 0 Å². The Kier molecular flexibility index (Phi) is 6.51. The van der Waals surface area contributed by atoms with Crippen LogP contribution < -0.4 is 0 Å². The van der Waals surface area contributed by atoms with E-state index in [1.54, 1.807) is 0 Å². The molecular weight excluding hydrogens is 587 g/mol. The number of hydrogen-bond donors (Lipinski definition) is 0. The van der Waals surface area contributed by atoms with Gasteiger partial charge >= 0.3 is 0 Å². The molecule has 6 aromatic carbocycles. The highest BCUT2D eigenvalue weighted by molar-refractivity contribution is 6.10. The molecule has 5 heteroatoms. The van der Waals surface area contributed by atoms with Gasteiger partial charge in [0.2, 0.25) is 0 Å². The predicted octanol–water partition coefficient (Wildman–Crippen LogP) is 10.5. The molecule has 48 heavy (non-hydrogen) atoms. The van der Waals surface area contributed by atoms with Crippen LogP contribution in [0.3, 0.4) is 0 Å². The summed E-state index contributed by atoms with van der Waals surface area (Å²) in [5, 5.41) is 3.64. The van der Waals surface area contributed by atoms with E-state index in [0.717, 1.165) is 39.1 Å². The van der Waals surface area contributed by atoms with Gasteiger partial charge in [-0.3, -0.25) is 0 Å². The molecule has 0 fully saturated rings. The van der Waals surface area contributed by atoms with Crippen LogP contribution in [0.5, 0.6) is 0 Å². The van der Waals surface area contributed by atoms with Gasteiger partial charge in [-0.05, 0) is 67.8 Å². The Balaban J connectivity index is 1.21. The van der Waals surface area contributed by atoms with Crippen molar-refractivity contribution in [1.82, 2.24) is 24.1 Å². The highest BCUT2D eigenvalue weighted by Gasteiger charge is 2.16. The standard InChI is InChI=1S/C43H31N5/c1-28-14-18-31(19-15-28)41-44-42(32-20-16-29(2)17-21-32)46-43(45-41)33-9-7-10-35(26-33)48-39-13-6-4-11-36(39)37-27-34(22-23-40(37)48)47-25-24-30-8-3-5-12-38(30)47/h3-27H,1-2H3. The molecule has 0 aliphatic heterocycles. The Morgan fingerprint density at radius 2 is 1.02 bits per heavy atom. The van der Waals surface area contributed by atoms with Gasteiger partial charge in [-0.25, -0.2) is 15.0 Å². The molecule has 0 aliphatic carbocycles. The molecule has 0 amide bonds. The van der Waals surface area contributed by atoms with Gasteiger partial charge in [-0.2, -0.15) is 0 Å². The Hall–Kier alpha value is -6.33. The molecule has 228 valence electrons. The van der Waals surface area contributed by atoms with Gasteiger partial charge in [0.1, 0.15) is 0 Å². The molecule has 3 heterocycles. The van der Waals surface area contributed by atoms with Crippen molar-refractivity contribution in [2.24, 2.45) is 0 Å². The van der Waals surface area contributed by atoms with Gasteiger partial charge < -0.3 is 9.13 Å². The second kappa shape index (κ2) is 11.2. The predicted molar refractivity (Wildman–Crippen MR) is 197 cm³/mol. The van der Waals surface area contributed by atoms with Crippen LogP contribution in [0.2, 0.25) is 0 Å². The molecule has 9 rings (SSSR count). The van der Waals surface area contributed by atoms with E-state index in [0.29, 0.717) is 17.5 Å². The van der Waals surface area contributed by atoms with E-state index in [4.69, 9.17) is 15.0 Å². The van der Waals surface area contributed by atoms with Crippen LogP contribution in [0.1, 0.15) is 11.1 Å². The minimum Gasteiger partial charge on any atom is -0.317 e. The van der Waals surface area contributed by atoms with Gasteiger partial charge in [0.15, 0.2) is 17.5 Å². The summed E-state index contributed by atoms with van der Waals surface area (Å²) in [6.07, 6.45) is 2.15. The molecule has 5 nitrogen and oxygen atoms in total. The third kappa shape index (κ3) is 4.76. The largest absolute Gasteiger partial charge is 0.317 e. The number of para-hydroxylation sites is 2. The fourth-order valence-electron chi connectivity index (χ4n) is 6.65. The first-order valence-corrected chi connectivity index (χ1v) is 16.2. The van der Waals surface area contributed by atoms with E-state index in [9.17, 15) is 0 Å². The lowest BCUT2D eigenvalue weighted by Crippen LogP contribution is -2.01. The first kappa shape index (κ1) is 27.9. The fourth-order valence-corrected chi connectivity index (χ4v) is 6.65. The number of aromatic nitrogens is 5. The van der Waals surface area contributed by atoms with Crippen molar-refractivity contribution in [2.45, 2.75) is 13.8 Å². The Morgan fingerprint density at radius 1 is 0.417 bits per heavy atom. The van der Waals surface area contributed by atoms with Gasteiger partial charge in [0.05, 0.1) is 16.6 Å². The maximum Gasteiger partial charge on any atom is 0.164 e. The lowest BCUT2D eigenvalue weighted by atomic mass is 10.1. The molecular formula is C43H31N5. The molecule has 0 unspecified atom stereocenters. The average Bonchev–Trinajstić information content (AvgIpc) is 3.71. The zero-order chi connectivity index (χ0) is 32.2. The van der Waals surface area contributed by atoms with E-state index in [-0.39, 0.29) is 0 Å². The molecule has 0 N–H and O–H groups in total. The normalized spacial score (nSPS) is 11.5.